The molecule has 3 rings (SSSR count). The molecule has 0 spiro atoms. The number of carbonyl (C=O) groups is 1. The van der Waals surface area contributed by atoms with E-state index in [1.807, 2.05) is 23.7 Å². The second kappa shape index (κ2) is 7.36. The third-order valence-corrected chi connectivity index (χ3v) is 5.41. The van der Waals surface area contributed by atoms with E-state index in [4.69, 9.17) is 11.6 Å². The van der Waals surface area contributed by atoms with Crippen LogP contribution in [0.4, 0.5) is 5.69 Å². The molecule has 0 radical (unpaired) electrons. The van der Waals surface area contributed by atoms with Crippen molar-refractivity contribution in [3.05, 3.63) is 29.5 Å². The third-order valence-electron chi connectivity index (χ3n) is 4.05. The zero-order valence-corrected chi connectivity index (χ0v) is 14.5. The van der Waals surface area contributed by atoms with Crippen LogP contribution in [0.1, 0.15) is 32.1 Å². The molecule has 1 aromatic carbocycles. The van der Waals surface area contributed by atoms with Gasteiger partial charge in [0, 0.05) is 22.9 Å². The van der Waals surface area contributed by atoms with Gasteiger partial charge in [-0.1, -0.05) is 30.9 Å². The van der Waals surface area contributed by atoms with Gasteiger partial charge in [0.2, 0.25) is 5.91 Å². The largest absolute Gasteiger partial charge is 0.325 e. The summed E-state index contributed by atoms with van der Waals surface area (Å²) < 4.78 is 1.84. The first-order valence-electron chi connectivity index (χ1n) is 7.76. The maximum Gasteiger partial charge on any atom is 0.227 e. The Morgan fingerprint density at radius 1 is 1.35 bits per heavy atom. The van der Waals surface area contributed by atoms with Gasteiger partial charge in [0.1, 0.15) is 6.33 Å². The molecule has 7 heteroatoms. The van der Waals surface area contributed by atoms with Crippen LogP contribution in [0.15, 0.2) is 34.6 Å². The number of aromatic nitrogens is 3. The lowest BCUT2D eigenvalue weighted by Crippen LogP contribution is -2.25. The summed E-state index contributed by atoms with van der Waals surface area (Å²) in [5.41, 5.74) is 0.737. The predicted molar refractivity (Wildman–Crippen MR) is 91.8 cm³/mol. The molecule has 0 bridgehead atoms. The van der Waals surface area contributed by atoms with E-state index < -0.39 is 0 Å². The van der Waals surface area contributed by atoms with E-state index in [1.54, 1.807) is 12.4 Å². The SMILES string of the molecule is Cn1cnnc1Sc1ccc(Cl)cc1NC(=O)C1CCCCC1. The monoisotopic (exact) mass is 350 g/mol. The normalized spacial score (nSPS) is 15.6. The predicted octanol–water partition coefficient (Wildman–Crippen LogP) is 4.14. The minimum absolute atomic E-state index is 0.0896. The van der Waals surface area contributed by atoms with Gasteiger partial charge >= 0.3 is 0 Å². The molecular weight excluding hydrogens is 332 g/mol. The summed E-state index contributed by atoms with van der Waals surface area (Å²) in [5, 5.41) is 12.4. The van der Waals surface area contributed by atoms with Crippen LogP contribution < -0.4 is 5.32 Å². The minimum atomic E-state index is 0.0896. The summed E-state index contributed by atoms with van der Waals surface area (Å²) >= 11 is 7.57. The van der Waals surface area contributed by atoms with E-state index in [-0.39, 0.29) is 11.8 Å². The first-order chi connectivity index (χ1) is 11.1. The van der Waals surface area contributed by atoms with E-state index in [9.17, 15) is 4.79 Å². The van der Waals surface area contributed by atoms with Crippen molar-refractivity contribution in [3.63, 3.8) is 0 Å². The van der Waals surface area contributed by atoms with Crippen molar-refractivity contribution in [2.75, 3.05) is 5.32 Å². The molecule has 0 saturated heterocycles. The lowest BCUT2D eigenvalue weighted by molar-refractivity contribution is -0.120. The summed E-state index contributed by atoms with van der Waals surface area (Å²) in [7, 11) is 1.89. The number of amides is 1. The smallest absolute Gasteiger partial charge is 0.227 e. The van der Waals surface area contributed by atoms with Crippen LogP contribution in [0.2, 0.25) is 5.02 Å². The fraction of sp³-hybridized carbons (Fsp3) is 0.438. The number of anilines is 1. The molecule has 1 aliphatic carbocycles. The number of carbonyl (C=O) groups excluding carboxylic acids is 1. The average molecular weight is 351 g/mol. The summed E-state index contributed by atoms with van der Waals surface area (Å²) in [6.07, 6.45) is 7.09. The molecule has 0 atom stereocenters. The lowest BCUT2D eigenvalue weighted by atomic mass is 9.88. The van der Waals surface area contributed by atoms with Gasteiger partial charge in [-0.05, 0) is 42.8 Å². The topological polar surface area (TPSA) is 59.8 Å². The van der Waals surface area contributed by atoms with Gasteiger partial charge < -0.3 is 9.88 Å². The maximum atomic E-state index is 12.5. The molecule has 1 aromatic heterocycles. The molecule has 122 valence electrons. The number of rotatable bonds is 4. The zero-order chi connectivity index (χ0) is 16.2. The van der Waals surface area contributed by atoms with Crippen molar-refractivity contribution in [3.8, 4) is 0 Å². The van der Waals surface area contributed by atoms with E-state index in [2.05, 4.69) is 15.5 Å². The fourth-order valence-electron chi connectivity index (χ4n) is 2.75. The highest BCUT2D eigenvalue weighted by Crippen LogP contribution is 2.35. The van der Waals surface area contributed by atoms with Crippen molar-refractivity contribution in [2.45, 2.75) is 42.2 Å². The molecule has 1 amide bonds. The highest BCUT2D eigenvalue weighted by molar-refractivity contribution is 7.99. The maximum absolute atomic E-state index is 12.5. The third kappa shape index (κ3) is 4.06. The van der Waals surface area contributed by atoms with Crippen LogP contribution in [0.3, 0.4) is 0 Å². The first-order valence-corrected chi connectivity index (χ1v) is 8.95. The van der Waals surface area contributed by atoms with E-state index in [0.717, 1.165) is 41.4 Å². The Balaban J connectivity index is 1.78. The van der Waals surface area contributed by atoms with Crippen LogP contribution >= 0.6 is 23.4 Å². The number of hydrogen-bond donors (Lipinski definition) is 1. The molecule has 2 aromatic rings. The summed E-state index contributed by atoms with van der Waals surface area (Å²) in [4.78, 5) is 13.4. The first kappa shape index (κ1) is 16.3. The highest BCUT2D eigenvalue weighted by Gasteiger charge is 2.22. The highest BCUT2D eigenvalue weighted by atomic mass is 35.5. The molecule has 23 heavy (non-hydrogen) atoms. The molecule has 1 heterocycles. The summed E-state index contributed by atoms with van der Waals surface area (Å²) in [5.74, 6) is 0.196. The quantitative estimate of drug-likeness (QED) is 0.900. The van der Waals surface area contributed by atoms with Crippen molar-refractivity contribution in [2.24, 2.45) is 13.0 Å². The van der Waals surface area contributed by atoms with Crippen molar-refractivity contribution < 1.29 is 4.79 Å². The number of nitrogens with zero attached hydrogens (tertiary/aromatic N) is 3. The summed E-state index contributed by atoms with van der Waals surface area (Å²) in [6.45, 7) is 0. The fourth-order valence-corrected chi connectivity index (χ4v) is 3.76. The van der Waals surface area contributed by atoms with Crippen LogP contribution in [0.25, 0.3) is 0 Å². The zero-order valence-electron chi connectivity index (χ0n) is 13.0. The second-order valence-electron chi connectivity index (χ2n) is 5.79. The Bertz CT molecular complexity index is 697. The van der Waals surface area contributed by atoms with E-state index in [0.29, 0.717) is 5.02 Å². The Hall–Kier alpha value is -1.53. The van der Waals surface area contributed by atoms with Gasteiger partial charge in [-0.15, -0.1) is 10.2 Å². The molecule has 0 aliphatic heterocycles. The van der Waals surface area contributed by atoms with Crippen LogP contribution in [-0.4, -0.2) is 20.7 Å². The Kier molecular flexibility index (Phi) is 5.23. The number of hydrogen-bond acceptors (Lipinski definition) is 4. The van der Waals surface area contributed by atoms with Gasteiger partial charge in [0.15, 0.2) is 5.16 Å². The molecular formula is C16H19ClN4OS. The van der Waals surface area contributed by atoms with Crippen LogP contribution in [0.5, 0.6) is 0 Å². The number of aryl methyl sites for hydroxylation is 1. The van der Waals surface area contributed by atoms with Gasteiger partial charge in [-0.25, -0.2) is 0 Å². The van der Waals surface area contributed by atoms with Crippen LogP contribution in [0, 0.1) is 5.92 Å². The molecule has 1 saturated carbocycles. The minimum Gasteiger partial charge on any atom is -0.325 e. The summed E-state index contributed by atoms with van der Waals surface area (Å²) in [6, 6.07) is 5.51. The Morgan fingerprint density at radius 2 is 2.13 bits per heavy atom. The molecule has 1 fully saturated rings. The van der Waals surface area contributed by atoms with Crippen molar-refractivity contribution in [1.82, 2.24) is 14.8 Å². The van der Waals surface area contributed by atoms with E-state index >= 15 is 0 Å². The van der Waals surface area contributed by atoms with Crippen molar-refractivity contribution in [1.29, 1.82) is 0 Å². The average Bonchev–Trinajstić information content (AvgIpc) is 2.96. The van der Waals surface area contributed by atoms with Gasteiger partial charge in [0.05, 0.1) is 5.69 Å². The van der Waals surface area contributed by atoms with E-state index in [1.165, 1.54) is 18.2 Å². The Labute approximate surface area is 144 Å². The number of benzene rings is 1. The van der Waals surface area contributed by atoms with Gasteiger partial charge in [-0.3, -0.25) is 4.79 Å². The van der Waals surface area contributed by atoms with Gasteiger partial charge in [0.25, 0.3) is 0 Å². The molecule has 1 aliphatic rings. The molecule has 0 unspecified atom stereocenters. The van der Waals surface area contributed by atoms with Crippen LogP contribution in [-0.2, 0) is 11.8 Å². The second-order valence-corrected chi connectivity index (χ2v) is 7.24. The van der Waals surface area contributed by atoms with Gasteiger partial charge in [-0.2, -0.15) is 0 Å². The lowest BCUT2D eigenvalue weighted by Gasteiger charge is -2.21. The molecule has 1 N–H and O–H groups in total. The number of halogens is 1. The standard InChI is InChI=1S/C16H19ClN4OS/c1-21-10-18-20-16(21)23-14-8-7-12(17)9-13(14)19-15(22)11-5-3-2-4-6-11/h7-11H,2-6H2,1H3,(H,19,22). The van der Waals surface area contributed by atoms with Crippen molar-refractivity contribution >= 4 is 35.0 Å². The molecule has 5 nitrogen and oxygen atoms in total. The number of nitrogens with one attached hydrogen (secondary N) is 1. The Morgan fingerprint density at radius 3 is 2.83 bits per heavy atom.